The molecule has 0 fully saturated rings. The summed E-state index contributed by atoms with van der Waals surface area (Å²) in [4.78, 5) is 25.0. The van der Waals surface area contributed by atoms with E-state index in [2.05, 4.69) is 32.9 Å². The molecule has 0 bridgehead atoms. The lowest BCUT2D eigenvalue weighted by atomic mass is 9.83. The average Bonchev–Trinajstić information content (AvgIpc) is 2.89. The van der Waals surface area contributed by atoms with Gasteiger partial charge >= 0.3 is 0 Å². The van der Waals surface area contributed by atoms with Crippen LogP contribution >= 0.6 is 0 Å². The zero-order valence-electron chi connectivity index (χ0n) is 22.2. The predicted molar refractivity (Wildman–Crippen MR) is 149 cm³/mol. The fourth-order valence-corrected chi connectivity index (χ4v) is 4.52. The maximum Gasteiger partial charge on any atom is 0.166 e. The van der Waals surface area contributed by atoms with Crippen LogP contribution in [0.15, 0.2) is 84.4 Å². The highest BCUT2D eigenvalue weighted by Gasteiger charge is 2.23. The van der Waals surface area contributed by atoms with Crippen molar-refractivity contribution in [1.82, 2.24) is 0 Å². The molecule has 3 rings (SSSR count). The largest absolute Gasteiger partial charge is 0.457 e. The van der Waals surface area contributed by atoms with Gasteiger partial charge in [0.25, 0.3) is 0 Å². The molecular weight excluding hydrogens is 444 g/mol. The molecule has 0 radical (unpaired) electrons. The van der Waals surface area contributed by atoms with Crippen molar-refractivity contribution in [2.24, 2.45) is 11.8 Å². The highest BCUT2D eigenvalue weighted by Crippen LogP contribution is 2.31. The molecule has 3 aromatic rings. The first-order valence-corrected chi connectivity index (χ1v) is 13.0. The number of ketones is 2. The van der Waals surface area contributed by atoms with Gasteiger partial charge in [0, 0.05) is 17.0 Å². The van der Waals surface area contributed by atoms with Gasteiger partial charge in [-0.2, -0.15) is 0 Å². The van der Waals surface area contributed by atoms with E-state index in [0.717, 1.165) is 37.0 Å². The number of para-hydroxylation sites is 1. The second-order valence-electron chi connectivity index (χ2n) is 9.75. The molecule has 0 aliphatic heterocycles. The van der Waals surface area contributed by atoms with Crippen molar-refractivity contribution < 1.29 is 14.3 Å². The quantitative estimate of drug-likeness (QED) is 0.242. The van der Waals surface area contributed by atoms with Crippen LogP contribution in [0.1, 0.15) is 86.6 Å². The van der Waals surface area contributed by atoms with Gasteiger partial charge in [-0.15, -0.1) is 0 Å². The van der Waals surface area contributed by atoms with E-state index < -0.39 is 0 Å². The summed E-state index contributed by atoms with van der Waals surface area (Å²) in [5.74, 6) is 1.75. The van der Waals surface area contributed by atoms with E-state index in [-0.39, 0.29) is 23.4 Å². The molecule has 36 heavy (non-hydrogen) atoms. The lowest BCUT2D eigenvalue weighted by Crippen LogP contribution is -2.19. The van der Waals surface area contributed by atoms with Crippen LogP contribution in [0.3, 0.4) is 0 Å². The SMILES string of the molecule is CCCC(C)=C(CCC(C)C(C)C(=O)c1cccc(Oc2ccccc2)c1)c1ccc(C(C)=O)cc1. The third kappa shape index (κ3) is 7.27. The normalized spacial score (nSPS) is 13.5. The lowest BCUT2D eigenvalue weighted by Gasteiger charge is -2.21. The van der Waals surface area contributed by atoms with Crippen molar-refractivity contribution in [1.29, 1.82) is 0 Å². The highest BCUT2D eigenvalue weighted by atomic mass is 16.5. The molecule has 3 nitrogen and oxygen atoms in total. The van der Waals surface area contributed by atoms with Crippen molar-refractivity contribution in [3.05, 3.63) is 101 Å². The maximum absolute atomic E-state index is 13.3. The summed E-state index contributed by atoms with van der Waals surface area (Å²) in [6.07, 6.45) is 3.95. The van der Waals surface area contributed by atoms with Crippen LogP contribution in [0.5, 0.6) is 11.5 Å². The molecule has 0 aliphatic rings. The number of rotatable bonds is 12. The van der Waals surface area contributed by atoms with Crippen LogP contribution in [0.2, 0.25) is 0 Å². The molecule has 3 heteroatoms. The minimum atomic E-state index is -0.107. The van der Waals surface area contributed by atoms with Gasteiger partial charge in [0.1, 0.15) is 11.5 Å². The molecule has 0 heterocycles. The van der Waals surface area contributed by atoms with Crippen molar-refractivity contribution in [2.75, 3.05) is 0 Å². The summed E-state index contributed by atoms with van der Waals surface area (Å²) in [7, 11) is 0. The fourth-order valence-electron chi connectivity index (χ4n) is 4.52. The Hall–Kier alpha value is -3.46. The summed E-state index contributed by atoms with van der Waals surface area (Å²) >= 11 is 0. The van der Waals surface area contributed by atoms with Crippen molar-refractivity contribution in [3.8, 4) is 11.5 Å². The maximum atomic E-state index is 13.3. The van der Waals surface area contributed by atoms with Crippen LogP contribution in [0.4, 0.5) is 0 Å². The standard InChI is InChI=1S/C33H38O3/c1-6-11-24(3)32(28-19-17-27(18-20-28)26(5)34)21-16-23(2)25(4)33(35)29-12-10-15-31(22-29)36-30-13-8-7-9-14-30/h7-10,12-15,17-20,22-23,25H,6,11,16,21H2,1-5H3. The van der Waals surface area contributed by atoms with Crippen molar-refractivity contribution in [2.45, 2.75) is 60.3 Å². The molecule has 0 saturated carbocycles. The van der Waals surface area contributed by atoms with E-state index in [1.165, 1.54) is 16.7 Å². The van der Waals surface area contributed by atoms with Crippen molar-refractivity contribution >= 4 is 17.1 Å². The topological polar surface area (TPSA) is 43.4 Å². The molecular formula is C33H38O3. The van der Waals surface area contributed by atoms with Crippen LogP contribution < -0.4 is 4.74 Å². The Morgan fingerprint density at radius 2 is 1.39 bits per heavy atom. The Morgan fingerprint density at radius 1 is 0.750 bits per heavy atom. The van der Waals surface area contributed by atoms with E-state index >= 15 is 0 Å². The third-order valence-corrected chi connectivity index (χ3v) is 6.99. The Bertz CT molecular complexity index is 1190. The van der Waals surface area contributed by atoms with E-state index in [9.17, 15) is 9.59 Å². The average molecular weight is 483 g/mol. The summed E-state index contributed by atoms with van der Waals surface area (Å²) in [5, 5.41) is 0. The molecule has 0 amide bonds. The number of benzene rings is 3. The number of hydrogen-bond donors (Lipinski definition) is 0. The van der Waals surface area contributed by atoms with Gasteiger partial charge in [-0.1, -0.05) is 87.4 Å². The smallest absolute Gasteiger partial charge is 0.166 e. The summed E-state index contributed by atoms with van der Waals surface area (Å²) in [6, 6.07) is 25.0. The van der Waals surface area contributed by atoms with E-state index in [0.29, 0.717) is 11.3 Å². The number of hydrogen-bond acceptors (Lipinski definition) is 3. The number of ether oxygens (including phenoxy) is 1. The van der Waals surface area contributed by atoms with Crippen molar-refractivity contribution in [3.63, 3.8) is 0 Å². The predicted octanol–water partition coefficient (Wildman–Crippen LogP) is 9.19. The molecule has 0 saturated heterocycles. The van der Waals surface area contributed by atoms with Gasteiger partial charge in [-0.3, -0.25) is 9.59 Å². The zero-order valence-corrected chi connectivity index (χ0v) is 22.2. The molecule has 2 unspecified atom stereocenters. The molecule has 0 spiro atoms. The summed E-state index contributed by atoms with van der Waals surface area (Å²) < 4.78 is 5.93. The van der Waals surface area contributed by atoms with Gasteiger partial charge in [0.05, 0.1) is 0 Å². The van der Waals surface area contributed by atoms with E-state index in [4.69, 9.17) is 4.74 Å². The Kier molecular flexibility index (Phi) is 9.81. The number of carbonyl (C=O) groups excluding carboxylic acids is 2. The molecule has 188 valence electrons. The fraction of sp³-hybridized carbons (Fsp3) is 0.333. The van der Waals surface area contributed by atoms with Crippen LogP contribution in [-0.4, -0.2) is 11.6 Å². The molecule has 0 aliphatic carbocycles. The molecule has 2 atom stereocenters. The van der Waals surface area contributed by atoms with Gasteiger partial charge in [-0.05, 0) is 74.4 Å². The second-order valence-corrected chi connectivity index (χ2v) is 9.75. The minimum Gasteiger partial charge on any atom is -0.457 e. The Labute approximate surface area is 216 Å². The minimum absolute atomic E-state index is 0.0801. The van der Waals surface area contributed by atoms with Crippen LogP contribution in [0, 0.1) is 11.8 Å². The summed E-state index contributed by atoms with van der Waals surface area (Å²) in [6.45, 7) is 10.2. The zero-order chi connectivity index (χ0) is 26.1. The molecule has 0 aromatic heterocycles. The Morgan fingerprint density at radius 3 is 2.03 bits per heavy atom. The number of carbonyl (C=O) groups is 2. The van der Waals surface area contributed by atoms with Gasteiger partial charge in [0.15, 0.2) is 11.6 Å². The van der Waals surface area contributed by atoms with Gasteiger partial charge in [-0.25, -0.2) is 0 Å². The highest BCUT2D eigenvalue weighted by molar-refractivity contribution is 5.98. The second kappa shape index (κ2) is 13.0. The monoisotopic (exact) mass is 482 g/mol. The Balaban J connectivity index is 1.70. The molecule has 0 N–H and O–H groups in total. The first kappa shape index (κ1) is 27.1. The first-order chi connectivity index (χ1) is 17.3. The molecule has 3 aromatic carbocycles. The van der Waals surface area contributed by atoms with Gasteiger partial charge < -0.3 is 4.74 Å². The number of Topliss-reactive ketones (excluding diaryl/α,β-unsaturated/α-hetero) is 2. The van der Waals surface area contributed by atoms with Gasteiger partial charge in [0.2, 0.25) is 0 Å². The van der Waals surface area contributed by atoms with Crippen LogP contribution in [0.25, 0.3) is 5.57 Å². The lowest BCUT2D eigenvalue weighted by molar-refractivity contribution is 0.0889. The third-order valence-electron chi connectivity index (χ3n) is 6.99. The van der Waals surface area contributed by atoms with E-state index in [1.807, 2.05) is 73.7 Å². The van der Waals surface area contributed by atoms with E-state index in [1.54, 1.807) is 6.92 Å². The first-order valence-electron chi connectivity index (χ1n) is 13.0. The summed E-state index contributed by atoms with van der Waals surface area (Å²) in [5.41, 5.74) is 5.29. The number of allylic oxidation sites excluding steroid dienone is 2. The van der Waals surface area contributed by atoms with Crippen LogP contribution in [-0.2, 0) is 0 Å².